The molecule has 0 aliphatic carbocycles. The van der Waals surface area contributed by atoms with Crippen LogP contribution in [0, 0.1) is 0 Å². The van der Waals surface area contributed by atoms with E-state index >= 15 is 0 Å². The first kappa shape index (κ1) is 31.1. The summed E-state index contributed by atoms with van der Waals surface area (Å²) < 4.78 is 55.6. The summed E-state index contributed by atoms with van der Waals surface area (Å²) >= 11 is 0. The van der Waals surface area contributed by atoms with E-state index in [1.807, 2.05) is 60.7 Å². The highest BCUT2D eigenvalue weighted by atomic mass is 19.4. The van der Waals surface area contributed by atoms with Crippen LogP contribution in [0.1, 0.15) is 33.9 Å². The number of halogens is 3. The van der Waals surface area contributed by atoms with Crippen molar-refractivity contribution < 1.29 is 42.1 Å². The van der Waals surface area contributed by atoms with Crippen LogP contribution in [-0.4, -0.2) is 30.1 Å². The van der Waals surface area contributed by atoms with Crippen LogP contribution < -0.4 is 14.8 Å². The Hall–Kier alpha value is -4.83. The zero-order valence-corrected chi connectivity index (χ0v) is 23.2. The van der Waals surface area contributed by atoms with Gasteiger partial charge in [0.25, 0.3) is 5.91 Å². The smallest absolute Gasteiger partial charge is 0.416 e. The average Bonchev–Trinajstić information content (AvgIpc) is 3.02. The van der Waals surface area contributed by atoms with Crippen LogP contribution in [0.2, 0.25) is 0 Å². The predicted octanol–water partition coefficient (Wildman–Crippen LogP) is 5.80. The Kier molecular flexibility index (Phi) is 10.4. The third-order valence-electron chi connectivity index (χ3n) is 6.53. The van der Waals surface area contributed by atoms with Crippen molar-refractivity contribution in [3.8, 4) is 11.5 Å². The predicted molar refractivity (Wildman–Crippen MR) is 152 cm³/mol. The molecule has 7 nitrogen and oxygen atoms in total. The summed E-state index contributed by atoms with van der Waals surface area (Å²) in [5.41, 5.74) is 1.50. The Bertz CT molecular complexity index is 1500. The van der Waals surface area contributed by atoms with Gasteiger partial charge in [-0.25, -0.2) is 4.79 Å². The lowest BCUT2D eigenvalue weighted by atomic mass is 10.0. The quantitative estimate of drug-likeness (QED) is 0.202. The third-order valence-corrected chi connectivity index (χ3v) is 6.53. The molecule has 0 saturated carbocycles. The van der Waals surface area contributed by atoms with E-state index in [2.05, 4.69) is 5.32 Å². The molecule has 0 unspecified atom stereocenters. The maximum absolute atomic E-state index is 12.9. The number of amides is 1. The van der Waals surface area contributed by atoms with Crippen LogP contribution in [-0.2, 0) is 40.1 Å². The van der Waals surface area contributed by atoms with E-state index in [1.165, 1.54) is 0 Å². The number of benzene rings is 4. The van der Waals surface area contributed by atoms with E-state index in [1.54, 1.807) is 18.2 Å². The molecule has 43 heavy (non-hydrogen) atoms. The van der Waals surface area contributed by atoms with Gasteiger partial charge in [-0.2, -0.15) is 13.2 Å². The first-order chi connectivity index (χ1) is 20.6. The maximum atomic E-state index is 12.9. The van der Waals surface area contributed by atoms with Crippen molar-refractivity contribution in [1.82, 2.24) is 5.32 Å². The summed E-state index contributed by atoms with van der Waals surface area (Å²) in [5, 5.41) is 12.9. The number of hydrogen-bond acceptors (Lipinski definition) is 6. The molecular weight excluding hydrogens is 563 g/mol. The molecule has 0 radical (unpaired) electrons. The fourth-order valence-corrected chi connectivity index (χ4v) is 4.21. The van der Waals surface area contributed by atoms with Crippen molar-refractivity contribution in [2.45, 2.75) is 38.0 Å². The van der Waals surface area contributed by atoms with Crippen molar-refractivity contribution >= 4 is 11.9 Å². The molecule has 0 saturated heterocycles. The summed E-state index contributed by atoms with van der Waals surface area (Å²) in [6.07, 6.45) is -6.40. The number of hydrogen-bond donors (Lipinski definition) is 2. The lowest BCUT2D eigenvalue weighted by molar-refractivity contribution is -0.146. The lowest BCUT2D eigenvalue weighted by Crippen LogP contribution is -2.45. The number of alkyl halides is 3. The minimum atomic E-state index is -4.56. The van der Waals surface area contributed by atoms with Gasteiger partial charge in [0, 0.05) is 6.42 Å². The number of rotatable bonds is 12. The number of carbonyl (C=O) groups is 2. The van der Waals surface area contributed by atoms with Crippen LogP contribution in [0.15, 0.2) is 103 Å². The summed E-state index contributed by atoms with van der Waals surface area (Å²) in [6, 6.07) is 26.5. The second-order valence-corrected chi connectivity index (χ2v) is 9.64. The van der Waals surface area contributed by atoms with Gasteiger partial charge in [-0.1, -0.05) is 78.9 Å². The number of carbonyl (C=O) groups excluding carboxylic acids is 2. The number of nitrogens with one attached hydrogen (secondary N) is 1. The molecule has 0 aromatic heterocycles. The zero-order valence-electron chi connectivity index (χ0n) is 23.2. The standard InChI is InChI=1S/C33H30F3NO6/c1-41-32(40)27(37-31(39)30(38)25-13-15-26(16-14-25)33(34,35)36)18-24-12-17-28(42-20-22-8-4-2-5-9-22)29(19-24)43-21-23-10-6-3-7-11-23/h2-17,19,27,30,38H,18,20-21H2,1H3,(H,37,39)/t27-,30-/m1/s1. The van der Waals surface area contributed by atoms with Crippen LogP contribution in [0.4, 0.5) is 13.2 Å². The van der Waals surface area contributed by atoms with Crippen LogP contribution in [0.25, 0.3) is 0 Å². The molecule has 0 spiro atoms. The average molecular weight is 594 g/mol. The molecule has 4 rings (SSSR count). The highest BCUT2D eigenvalue weighted by Crippen LogP contribution is 2.32. The number of esters is 1. The van der Waals surface area contributed by atoms with Crippen molar-refractivity contribution in [1.29, 1.82) is 0 Å². The lowest BCUT2D eigenvalue weighted by Gasteiger charge is -2.20. The van der Waals surface area contributed by atoms with Gasteiger partial charge in [0.15, 0.2) is 17.6 Å². The van der Waals surface area contributed by atoms with Crippen molar-refractivity contribution in [2.75, 3.05) is 7.11 Å². The summed E-state index contributed by atoms with van der Waals surface area (Å²) in [4.78, 5) is 25.4. The molecular formula is C33H30F3NO6. The monoisotopic (exact) mass is 593 g/mol. The maximum Gasteiger partial charge on any atom is 0.416 e. The number of ether oxygens (including phenoxy) is 3. The largest absolute Gasteiger partial charge is 0.485 e. The van der Waals surface area contributed by atoms with E-state index < -0.39 is 35.8 Å². The molecule has 4 aromatic rings. The van der Waals surface area contributed by atoms with Gasteiger partial charge in [-0.3, -0.25) is 4.79 Å². The fraction of sp³-hybridized carbons (Fsp3) is 0.212. The molecule has 0 bridgehead atoms. The minimum absolute atomic E-state index is 0.0290. The first-order valence-corrected chi connectivity index (χ1v) is 13.3. The Morgan fingerprint density at radius 2 is 1.33 bits per heavy atom. The van der Waals surface area contributed by atoms with E-state index in [0.717, 1.165) is 42.5 Å². The molecule has 0 aliphatic heterocycles. The molecule has 224 valence electrons. The van der Waals surface area contributed by atoms with E-state index in [-0.39, 0.29) is 18.6 Å². The van der Waals surface area contributed by atoms with Gasteiger partial charge in [-0.15, -0.1) is 0 Å². The van der Waals surface area contributed by atoms with Crippen LogP contribution in [0.5, 0.6) is 11.5 Å². The molecule has 10 heteroatoms. The molecule has 0 fully saturated rings. The van der Waals surface area contributed by atoms with Crippen molar-refractivity contribution in [2.24, 2.45) is 0 Å². The summed E-state index contributed by atoms with van der Waals surface area (Å²) in [7, 11) is 1.16. The first-order valence-electron chi connectivity index (χ1n) is 13.3. The number of aliphatic hydroxyl groups is 1. The van der Waals surface area contributed by atoms with Crippen LogP contribution in [0.3, 0.4) is 0 Å². The fourth-order valence-electron chi connectivity index (χ4n) is 4.21. The number of methoxy groups -OCH3 is 1. The Balaban J connectivity index is 1.51. The van der Waals surface area contributed by atoms with Crippen molar-refractivity contribution in [3.05, 3.63) is 131 Å². The molecule has 2 atom stereocenters. The van der Waals surface area contributed by atoms with E-state index in [9.17, 15) is 27.9 Å². The Morgan fingerprint density at radius 3 is 1.86 bits per heavy atom. The molecule has 0 aliphatic rings. The van der Waals surface area contributed by atoms with Crippen LogP contribution >= 0.6 is 0 Å². The van der Waals surface area contributed by atoms with Gasteiger partial charge in [-0.05, 0) is 46.5 Å². The SMILES string of the molecule is COC(=O)[C@@H](Cc1ccc(OCc2ccccc2)c(OCc2ccccc2)c1)NC(=O)[C@H](O)c1ccc(C(F)(F)F)cc1. The topological polar surface area (TPSA) is 94.1 Å². The summed E-state index contributed by atoms with van der Waals surface area (Å²) in [5.74, 6) is -0.861. The summed E-state index contributed by atoms with van der Waals surface area (Å²) in [6.45, 7) is 0.549. The van der Waals surface area contributed by atoms with E-state index in [0.29, 0.717) is 23.7 Å². The van der Waals surface area contributed by atoms with Gasteiger partial charge >= 0.3 is 12.1 Å². The Labute approximate surface area is 246 Å². The molecule has 1 amide bonds. The molecule has 2 N–H and O–H groups in total. The van der Waals surface area contributed by atoms with Gasteiger partial charge in [0.05, 0.1) is 12.7 Å². The second-order valence-electron chi connectivity index (χ2n) is 9.64. The molecule has 0 heterocycles. The van der Waals surface area contributed by atoms with Gasteiger partial charge in [0.1, 0.15) is 19.3 Å². The van der Waals surface area contributed by atoms with Crippen molar-refractivity contribution in [3.63, 3.8) is 0 Å². The minimum Gasteiger partial charge on any atom is -0.485 e. The van der Waals surface area contributed by atoms with Gasteiger partial charge in [0.2, 0.25) is 0 Å². The highest BCUT2D eigenvalue weighted by molar-refractivity contribution is 5.87. The number of aliphatic hydroxyl groups excluding tert-OH is 1. The highest BCUT2D eigenvalue weighted by Gasteiger charge is 2.31. The second kappa shape index (κ2) is 14.4. The normalized spacial score (nSPS) is 12.6. The molecule has 4 aromatic carbocycles. The Morgan fingerprint density at radius 1 is 0.767 bits per heavy atom. The van der Waals surface area contributed by atoms with E-state index in [4.69, 9.17) is 14.2 Å². The van der Waals surface area contributed by atoms with Gasteiger partial charge < -0.3 is 24.6 Å². The third kappa shape index (κ3) is 8.83. The zero-order chi connectivity index (χ0) is 30.8.